The van der Waals surface area contributed by atoms with E-state index in [0.29, 0.717) is 5.92 Å². The van der Waals surface area contributed by atoms with Crippen molar-refractivity contribution in [1.82, 2.24) is 0 Å². The van der Waals surface area contributed by atoms with Gasteiger partial charge in [-0.15, -0.1) is 0 Å². The third-order valence-corrected chi connectivity index (χ3v) is 4.08. The first kappa shape index (κ1) is 14.8. The van der Waals surface area contributed by atoms with Crippen LogP contribution in [0.15, 0.2) is 42.5 Å². The van der Waals surface area contributed by atoms with Crippen LogP contribution in [-0.2, 0) is 12.8 Å². The number of benzene rings is 2. The fourth-order valence-corrected chi connectivity index (χ4v) is 2.87. The van der Waals surface area contributed by atoms with E-state index in [-0.39, 0.29) is 0 Å². The molecule has 0 amide bonds. The maximum Gasteiger partial charge on any atom is -0.00425 e. The fraction of sp³-hybridized carbons (Fsp3) is 0.368. The van der Waals surface area contributed by atoms with Gasteiger partial charge in [0.05, 0.1) is 0 Å². The van der Waals surface area contributed by atoms with Crippen molar-refractivity contribution < 1.29 is 0 Å². The Labute approximate surface area is 122 Å². The molecule has 2 N–H and O–H groups in total. The Morgan fingerprint density at radius 2 is 1.55 bits per heavy atom. The Hall–Kier alpha value is -1.60. The summed E-state index contributed by atoms with van der Waals surface area (Å²) in [6.45, 7) is 7.28. The summed E-state index contributed by atoms with van der Waals surface area (Å²) in [5.74, 6) is 0.511. The first-order valence-corrected chi connectivity index (χ1v) is 7.41. The van der Waals surface area contributed by atoms with Crippen molar-refractivity contribution in [2.45, 2.75) is 33.6 Å². The molecule has 20 heavy (non-hydrogen) atoms. The van der Waals surface area contributed by atoms with Crippen molar-refractivity contribution in [3.05, 3.63) is 70.3 Å². The van der Waals surface area contributed by atoms with Gasteiger partial charge in [-0.2, -0.15) is 0 Å². The Morgan fingerprint density at radius 1 is 0.900 bits per heavy atom. The lowest BCUT2D eigenvalue weighted by Crippen LogP contribution is -2.20. The molecule has 0 aliphatic carbocycles. The third kappa shape index (κ3) is 3.71. The average molecular weight is 267 g/mol. The van der Waals surface area contributed by atoms with Gasteiger partial charge in [0.25, 0.3) is 0 Å². The van der Waals surface area contributed by atoms with Gasteiger partial charge in [0.2, 0.25) is 0 Å². The first-order valence-electron chi connectivity index (χ1n) is 7.41. The van der Waals surface area contributed by atoms with Crippen LogP contribution in [0.25, 0.3) is 0 Å². The Balaban J connectivity index is 2.13. The van der Waals surface area contributed by atoms with E-state index in [1.807, 2.05) is 0 Å². The highest BCUT2D eigenvalue weighted by Gasteiger charge is 2.12. The molecule has 1 unspecified atom stereocenters. The molecule has 0 saturated carbocycles. The van der Waals surface area contributed by atoms with Gasteiger partial charge in [0.1, 0.15) is 0 Å². The lowest BCUT2D eigenvalue weighted by molar-refractivity contribution is 0.531. The highest BCUT2D eigenvalue weighted by atomic mass is 14.5. The Kier molecular flexibility index (Phi) is 4.97. The summed E-state index contributed by atoms with van der Waals surface area (Å²) < 4.78 is 0. The third-order valence-electron chi connectivity index (χ3n) is 4.08. The minimum atomic E-state index is 0.511. The van der Waals surface area contributed by atoms with E-state index in [1.54, 1.807) is 0 Å². The molecule has 2 aromatic carbocycles. The van der Waals surface area contributed by atoms with Crippen LogP contribution < -0.4 is 5.73 Å². The lowest BCUT2D eigenvalue weighted by atomic mass is 9.88. The summed E-state index contributed by atoms with van der Waals surface area (Å²) in [5.41, 5.74) is 13.0. The topological polar surface area (TPSA) is 26.0 Å². The SMILES string of the molecule is Cc1cccc(CC(CN)Cc2c(C)cccc2C)c1. The van der Waals surface area contributed by atoms with Gasteiger partial charge >= 0.3 is 0 Å². The minimum absolute atomic E-state index is 0.511. The molecular weight excluding hydrogens is 242 g/mol. The molecule has 1 heteroatoms. The normalized spacial score (nSPS) is 12.4. The standard InChI is InChI=1S/C19H25N/c1-14-6-4-9-17(10-14)11-18(13-20)12-19-15(2)7-5-8-16(19)3/h4-10,18H,11-13,20H2,1-3H3. The molecule has 2 rings (SSSR count). The van der Waals surface area contributed by atoms with E-state index in [9.17, 15) is 0 Å². The molecule has 1 atom stereocenters. The second-order valence-electron chi connectivity index (χ2n) is 5.87. The van der Waals surface area contributed by atoms with Gasteiger partial charge in [-0.05, 0) is 68.3 Å². The van der Waals surface area contributed by atoms with Crippen LogP contribution in [0, 0.1) is 26.7 Å². The lowest BCUT2D eigenvalue weighted by Gasteiger charge is -2.18. The second kappa shape index (κ2) is 6.71. The van der Waals surface area contributed by atoms with Crippen LogP contribution in [-0.4, -0.2) is 6.54 Å². The summed E-state index contributed by atoms with van der Waals surface area (Å²) in [7, 11) is 0. The monoisotopic (exact) mass is 267 g/mol. The summed E-state index contributed by atoms with van der Waals surface area (Å²) in [6, 6.07) is 15.3. The van der Waals surface area contributed by atoms with Gasteiger partial charge in [-0.3, -0.25) is 0 Å². The van der Waals surface area contributed by atoms with E-state index < -0.39 is 0 Å². The molecule has 0 fully saturated rings. The van der Waals surface area contributed by atoms with Crippen LogP contribution in [0.3, 0.4) is 0 Å². The van der Waals surface area contributed by atoms with E-state index >= 15 is 0 Å². The zero-order chi connectivity index (χ0) is 14.5. The zero-order valence-electron chi connectivity index (χ0n) is 12.8. The molecule has 0 aromatic heterocycles. The molecule has 2 aromatic rings. The van der Waals surface area contributed by atoms with E-state index in [2.05, 4.69) is 63.2 Å². The summed E-state index contributed by atoms with van der Waals surface area (Å²) >= 11 is 0. The molecule has 0 radical (unpaired) electrons. The molecule has 1 nitrogen and oxygen atoms in total. The van der Waals surface area contributed by atoms with Gasteiger partial charge < -0.3 is 5.73 Å². The van der Waals surface area contributed by atoms with Crippen molar-refractivity contribution in [3.63, 3.8) is 0 Å². The zero-order valence-corrected chi connectivity index (χ0v) is 12.8. The molecule has 0 heterocycles. The Bertz CT molecular complexity index is 551. The van der Waals surface area contributed by atoms with Crippen molar-refractivity contribution in [3.8, 4) is 0 Å². The van der Waals surface area contributed by atoms with E-state index in [0.717, 1.165) is 19.4 Å². The Morgan fingerprint density at radius 3 is 2.15 bits per heavy atom. The molecular formula is C19H25N. The van der Waals surface area contributed by atoms with Crippen molar-refractivity contribution in [2.24, 2.45) is 11.7 Å². The number of rotatable bonds is 5. The van der Waals surface area contributed by atoms with Crippen LogP contribution in [0.2, 0.25) is 0 Å². The van der Waals surface area contributed by atoms with Crippen molar-refractivity contribution in [1.29, 1.82) is 0 Å². The van der Waals surface area contributed by atoms with Gasteiger partial charge in [-0.1, -0.05) is 48.0 Å². The predicted molar refractivity (Wildman–Crippen MR) is 87.0 cm³/mol. The fourth-order valence-electron chi connectivity index (χ4n) is 2.87. The van der Waals surface area contributed by atoms with Crippen molar-refractivity contribution >= 4 is 0 Å². The number of nitrogens with two attached hydrogens (primary N) is 1. The van der Waals surface area contributed by atoms with Crippen molar-refractivity contribution in [2.75, 3.05) is 6.54 Å². The molecule has 0 aliphatic rings. The van der Waals surface area contributed by atoms with E-state index in [4.69, 9.17) is 5.73 Å². The maximum absolute atomic E-state index is 6.01. The number of hydrogen-bond donors (Lipinski definition) is 1. The minimum Gasteiger partial charge on any atom is -0.330 e. The highest BCUT2D eigenvalue weighted by Crippen LogP contribution is 2.20. The smallest absolute Gasteiger partial charge is 0.00425 e. The number of aryl methyl sites for hydroxylation is 3. The quantitative estimate of drug-likeness (QED) is 0.871. The molecule has 0 spiro atoms. The summed E-state index contributed by atoms with van der Waals surface area (Å²) in [6.07, 6.45) is 2.13. The van der Waals surface area contributed by atoms with Gasteiger partial charge in [-0.25, -0.2) is 0 Å². The van der Waals surface area contributed by atoms with Gasteiger partial charge in [0.15, 0.2) is 0 Å². The molecule has 0 saturated heterocycles. The second-order valence-corrected chi connectivity index (χ2v) is 5.87. The van der Waals surface area contributed by atoms with Gasteiger partial charge in [0, 0.05) is 0 Å². The van der Waals surface area contributed by atoms with Crippen LogP contribution >= 0.6 is 0 Å². The first-order chi connectivity index (χ1) is 9.60. The van der Waals surface area contributed by atoms with Crippen LogP contribution in [0.5, 0.6) is 0 Å². The summed E-state index contributed by atoms with van der Waals surface area (Å²) in [5, 5.41) is 0. The molecule has 0 bridgehead atoms. The average Bonchev–Trinajstić information content (AvgIpc) is 2.42. The maximum atomic E-state index is 6.01. The summed E-state index contributed by atoms with van der Waals surface area (Å²) in [4.78, 5) is 0. The molecule has 106 valence electrons. The predicted octanol–water partition coefficient (Wildman–Crippen LogP) is 3.97. The van der Waals surface area contributed by atoms with Crippen LogP contribution in [0.1, 0.15) is 27.8 Å². The van der Waals surface area contributed by atoms with Crippen LogP contribution in [0.4, 0.5) is 0 Å². The van der Waals surface area contributed by atoms with E-state index in [1.165, 1.54) is 27.8 Å². The highest BCUT2D eigenvalue weighted by molar-refractivity contribution is 5.34. The molecule has 0 aliphatic heterocycles. The number of hydrogen-bond acceptors (Lipinski definition) is 1. The largest absolute Gasteiger partial charge is 0.330 e.